The summed E-state index contributed by atoms with van der Waals surface area (Å²) in [6.45, 7) is 3.71. The number of aryl methyl sites for hydroxylation is 1. The number of hydrogen-bond donors (Lipinski definition) is 2. The van der Waals surface area contributed by atoms with E-state index < -0.39 is 17.8 Å². The van der Waals surface area contributed by atoms with Crippen LogP contribution in [-0.2, 0) is 9.59 Å². The summed E-state index contributed by atoms with van der Waals surface area (Å²) in [6, 6.07) is 6.29. The van der Waals surface area contributed by atoms with Gasteiger partial charge in [0, 0.05) is 11.4 Å². The molecule has 8 heteroatoms. The molecule has 1 aromatic carbocycles. The molecule has 0 atom stereocenters. The number of barbiturate groups is 1. The predicted octanol–water partition coefficient (Wildman–Crippen LogP) is 3.15. The van der Waals surface area contributed by atoms with Crippen LogP contribution >= 0.6 is 23.2 Å². The van der Waals surface area contributed by atoms with E-state index in [0.29, 0.717) is 21.3 Å². The lowest BCUT2D eigenvalue weighted by molar-refractivity contribution is -0.123. The van der Waals surface area contributed by atoms with Gasteiger partial charge in [-0.2, -0.15) is 0 Å². The van der Waals surface area contributed by atoms with Crippen molar-refractivity contribution < 1.29 is 14.4 Å². The average molecular weight is 378 g/mol. The summed E-state index contributed by atoms with van der Waals surface area (Å²) in [7, 11) is 0. The number of aromatic nitrogens is 1. The summed E-state index contributed by atoms with van der Waals surface area (Å²) >= 11 is 12.4. The highest BCUT2D eigenvalue weighted by Gasteiger charge is 2.28. The molecule has 0 spiro atoms. The second-order valence-electron chi connectivity index (χ2n) is 5.53. The van der Waals surface area contributed by atoms with Gasteiger partial charge in [-0.05, 0) is 43.7 Å². The lowest BCUT2D eigenvalue weighted by Gasteiger charge is -2.14. The molecule has 0 bridgehead atoms. The number of nitrogens with zero attached hydrogens (tertiary/aromatic N) is 1. The van der Waals surface area contributed by atoms with Crippen molar-refractivity contribution in [3.8, 4) is 5.69 Å². The Bertz CT molecular complexity index is 938. The molecular weight excluding hydrogens is 365 g/mol. The second kappa shape index (κ2) is 6.38. The van der Waals surface area contributed by atoms with Crippen LogP contribution in [0.2, 0.25) is 10.0 Å². The van der Waals surface area contributed by atoms with Crippen LogP contribution in [-0.4, -0.2) is 22.4 Å². The van der Waals surface area contributed by atoms with Gasteiger partial charge in [-0.15, -0.1) is 0 Å². The smallest absolute Gasteiger partial charge is 0.316 e. The molecule has 1 aromatic heterocycles. The zero-order valence-corrected chi connectivity index (χ0v) is 14.8. The van der Waals surface area contributed by atoms with Gasteiger partial charge in [0.2, 0.25) is 0 Å². The second-order valence-corrected chi connectivity index (χ2v) is 6.32. The van der Waals surface area contributed by atoms with Crippen LogP contribution in [0.15, 0.2) is 29.8 Å². The van der Waals surface area contributed by atoms with E-state index in [1.54, 1.807) is 12.1 Å². The first-order valence-electron chi connectivity index (χ1n) is 7.31. The van der Waals surface area contributed by atoms with Crippen molar-refractivity contribution in [3.63, 3.8) is 0 Å². The fourth-order valence-corrected chi connectivity index (χ4v) is 3.11. The molecule has 6 nitrogen and oxygen atoms in total. The van der Waals surface area contributed by atoms with E-state index >= 15 is 0 Å². The number of nitrogens with one attached hydrogen (secondary N) is 2. The fraction of sp³-hybridized carbons (Fsp3) is 0.118. The molecule has 1 fully saturated rings. The monoisotopic (exact) mass is 377 g/mol. The summed E-state index contributed by atoms with van der Waals surface area (Å²) < 4.78 is 1.88. The molecule has 1 saturated heterocycles. The molecule has 128 valence electrons. The van der Waals surface area contributed by atoms with Gasteiger partial charge in [0.15, 0.2) is 0 Å². The summed E-state index contributed by atoms with van der Waals surface area (Å²) in [4.78, 5) is 34.9. The Kier molecular flexibility index (Phi) is 4.41. The maximum Gasteiger partial charge on any atom is 0.328 e. The first-order chi connectivity index (χ1) is 11.8. The van der Waals surface area contributed by atoms with Crippen LogP contribution < -0.4 is 10.6 Å². The van der Waals surface area contributed by atoms with Gasteiger partial charge < -0.3 is 4.57 Å². The largest absolute Gasteiger partial charge is 0.328 e. The van der Waals surface area contributed by atoms with Gasteiger partial charge in [0.25, 0.3) is 11.8 Å². The first kappa shape index (κ1) is 17.3. The topological polar surface area (TPSA) is 80.2 Å². The van der Waals surface area contributed by atoms with Crippen molar-refractivity contribution in [2.45, 2.75) is 13.8 Å². The predicted molar refractivity (Wildman–Crippen MR) is 94.9 cm³/mol. The Labute approximate surface area is 153 Å². The highest BCUT2D eigenvalue weighted by molar-refractivity contribution is 6.43. The molecule has 2 N–H and O–H groups in total. The van der Waals surface area contributed by atoms with Gasteiger partial charge in [0.1, 0.15) is 5.57 Å². The lowest BCUT2D eigenvalue weighted by Crippen LogP contribution is -2.51. The van der Waals surface area contributed by atoms with E-state index in [2.05, 4.69) is 0 Å². The third kappa shape index (κ3) is 3.06. The number of hydrogen-bond acceptors (Lipinski definition) is 3. The Balaban J connectivity index is 2.11. The number of carbonyl (C=O) groups is 3. The summed E-state index contributed by atoms with van der Waals surface area (Å²) in [5, 5.41) is 4.92. The number of amides is 4. The minimum absolute atomic E-state index is 0.142. The minimum Gasteiger partial charge on any atom is -0.316 e. The third-order valence-corrected chi connectivity index (χ3v) is 4.69. The molecular formula is C17H13Cl2N3O3. The van der Waals surface area contributed by atoms with E-state index in [0.717, 1.165) is 11.4 Å². The number of urea groups is 1. The Morgan fingerprint density at radius 2 is 1.68 bits per heavy atom. The molecule has 1 aliphatic rings. The Morgan fingerprint density at radius 3 is 2.32 bits per heavy atom. The molecule has 3 rings (SSSR count). The van der Waals surface area contributed by atoms with Crippen molar-refractivity contribution in [2.24, 2.45) is 0 Å². The average Bonchev–Trinajstić information content (AvgIpc) is 2.80. The summed E-state index contributed by atoms with van der Waals surface area (Å²) in [5.74, 6) is -1.47. The van der Waals surface area contributed by atoms with E-state index in [1.165, 1.54) is 6.08 Å². The number of imide groups is 2. The van der Waals surface area contributed by atoms with Crippen LogP contribution in [0.3, 0.4) is 0 Å². The van der Waals surface area contributed by atoms with Crippen LogP contribution in [0.4, 0.5) is 4.79 Å². The fourth-order valence-electron chi connectivity index (χ4n) is 2.73. The molecule has 0 saturated carbocycles. The highest BCUT2D eigenvalue weighted by Crippen LogP contribution is 2.32. The van der Waals surface area contributed by atoms with E-state index in [-0.39, 0.29) is 5.57 Å². The molecule has 4 amide bonds. The lowest BCUT2D eigenvalue weighted by atomic mass is 10.1. The molecule has 25 heavy (non-hydrogen) atoms. The zero-order chi connectivity index (χ0) is 18.3. The van der Waals surface area contributed by atoms with Crippen LogP contribution in [0.5, 0.6) is 0 Å². The van der Waals surface area contributed by atoms with Crippen molar-refractivity contribution in [1.82, 2.24) is 15.2 Å². The minimum atomic E-state index is -0.830. The number of benzene rings is 1. The van der Waals surface area contributed by atoms with Crippen molar-refractivity contribution in [2.75, 3.05) is 0 Å². The zero-order valence-electron chi connectivity index (χ0n) is 13.3. The Morgan fingerprint density at radius 1 is 1.04 bits per heavy atom. The summed E-state index contributed by atoms with van der Waals surface area (Å²) in [5.41, 5.74) is 2.83. The molecule has 0 aliphatic carbocycles. The SMILES string of the molecule is Cc1cc(C=C2C(=O)NC(=O)NC2=O)c(C)n1-c1cccc(Cl)c1Cl. The molecule has 2 aromatic rings. The Hall–Kier alpha value is -2.57. The molecule has 2 heterocycles. The maximum absolute atomic E-state index is 11.9. The van der Waals surface area contributed by atoms with E-state index in [9.17, 15) is 14.4 Å². The normalized spacial score (nSPS) is 14.4. The molecule has 1 aliphatic heterocycles. The van der Waals surface area contributed by atoms with Gasteiger partial charge >= 0.3 is 6.03 Å². The van der Waals surface area contributed by atoms with Gasteiger partial charge in [-0.3, -0.25) is 20.2 Å². The van der Waals surface area contributed by atoms with E-state index in [1.807, 2.05) is 41.2 Å². The molecule has 0 unspecified atom stereocenters. The quantitative estimate of drug-likeness (QED) is 0.622. The van der Waals surface area contributed by atoms with Crippen molar-refractivity contribution in [3.05, 3.63) is 56.8 Å². The van der Waals surface area contributed by atoms with E-state index in [4.69, 9.17) is 23.2 Å². The number of carbonyl (C=O) groups excluding carboxylic acids is 3. The van der Waals surface area contributed by atoms with Crippen LogP contribution in [0.25, 0.3) is 11.8 Å². The number of halogens is 2. The number of rotatable bonds is 2. The summed E-state index contributed by atoms with van der Waals surface area (Å²) in [6.07, 6.45) is 1.44. The third-order valence-electron chi connectivity index (χ3n) is 3.89. The maximum atomic E-state index is 11.9. The van der Waals surface area contributed by atoms with Gasteiger partial charge in [-0.1, -0.05) is 29.3 Å². The van der Waals surface area contributed by atoms with Crippen LogP contribution in [0.1, 0.15) is 17.0 Å². The molecule has 0 radical (unpaired) electrons. The van der Waals surface area contributed by atoms with Gasteiger partial charge in [-0.25, -0.2) is 4.79 Å². The van der Waals surface area contributed by atoms with Crippen LogP contribution in [0, 0.1) is 13.8 Å². The first-order valence-corrected chi connectivity index (χ1v) is 8.07. The van der Waals surface area contributed by atoms with Gasteiger partial charge in [0.05, 0.1) is 15.7 Å². The standard InChI is InChI=1S/C17H13Cl2N3O3/c1-8-6-10(7-11-15(23)20-17(25)21-16(11)24)9(2)22(8)13-5-3-4-12(18)14(13)19/h3-7H,1-2H3,(H2,20,21,23,24,25). The van der Waals surface area contributed by atoms with Crippen molar-refractivity contribution in [1.29, 1.82) is 0 Å². The van der Waals surface area contributed by atoms with Crippen molar-refractivity contribution >= 4 is 47.1 Å². The highest BCUT2D eigenvalue weighted by atomic mass is 35.5.